The first-order chi connectivity index (χ1) is 13.8. The summed E-state index contributed by atoms with van der Waals surface area (Å²) in [6.07, 6.45) is 2.86. The fraction of sp³-hybridized carbons (Fsp3) is 0.0909. The molecule has 2 aromatic carbocycles. The van der Waals surface area contributed by atoms with Gasteiger partial charge in [-0.2, -0.15) is 0 Å². The number of hydrogen-bond acceptors (Lipinski definition) is 4. The molecule has 0 saturated carbocycles. The minimum Gasteiger partial charge on any atom is -0.506 e. The number of carbonyl (C=O) groups excluding carboxylic acids is 1. The van der Waals surface area contributed by atoms with E-state index in [1.54, 1.807) is 36.4 Å². The normalized spacial score (nSPS) is 10.9. The molecular formula is C22H19ClN2O3S. The lowest BCUT2D eigenvalue weighted by atomic mass is 10.1. The highest BCUT2D eigenvalue weighted by Crippen LogP contribution is 2.27. The molecule has 7 heteroatoms. The topological polar surface area (TPSA) is 74.5 Å². The van der Waals surface area contributed by atoms with Crippen molar-refractivity contribution < 1.29 is 14.3 Å². The molecule has 1 aromatic heterocycles. The average molecular weight is 427 g/mol. The van der Waals surface area contributed by atoms with Gasteiger partial charge in [-0.05, 0) is 91.8 Å². The van der Waals surface area contributed by atoms with Crippen LogP contribution < -0.4 is 10.6 Å². The SMILES string of the molecule is Cc1cc(O)c(NC(=S)NC(=O)/C=C/c2ccc(-c3ccc(Cl)cc3)o2)cc1C. The van der Waals surface area contributed by atoms with E-state index < -0.39 is 5.91 Å². The zero-order chi connectivity index (χ0) is 21.0. The molecule has 0 aliphatic rings. The van der Waals surface area contributed by atoms with Crippen LogP contribution in [0.5, 0.6) is 5.75 Å². The monoisotopic (exact) mass is 426 g/mol. The lowest BCUT2D eigenvalue weighted by molar-refractivity contribution is -0.115. The van der Waals surface area contributed by atoms with Crippen LogP contribution >= 0.6 is 23.8 Å². The maximum Gasteiger partial charge on any atom is 0.250 e. The second-order valence-corrected chi connectivity index (χ2v) is 7.28. The molecule has 0 fully saturated rings. The average Bonchev–Trinajstić information content (AvgIpc) is 3.14. The number of hydrogen-bond donors (Lipinski definition) is 3. The first kappa shape index (κ1) is 20.6. The largest absolute Gasteiger partial charge is 0.506 e. The molecule has 0 spiro atoms. The molecule has 0 bridgehead atoms. The number of thiocarbonyl (C=S) groups is 1. The summed E-state index contributed by atoms with van der Waals surface area (Å²) in [7, 11) is 0. The van der Waals surface area contributed by atoms with E-state index in [9.17, 15) is 9.90 Å². The number of benzene rings is 2. The Morgan fingerprint density at radius 1 is 1.10 bits per heavy atom. The van der Waals surface area contributed by atoms with Crippen molar-refractivity contribution in [1.29, 1.82) is 0 Å². The lowest BCUT2D eigenvalue weighted by Crippen LogP contribution is -2.32. The van der Waals surface area contributed by atoms with Gasteiger partial charge in [-0.1, -0.05) is 11.6 Å². The van der Waals surface area contributed by atoms with Crippen molar-refractivity contribution in [3.8, 4) is 17.1 Å². The maximum atomic E-state index is 12.1. The number of phenolic OH excluding ortho intramolecular Hbond substituents is 1. The smallest absolute Gasteiger partial charge is 0.250 e. The molecule has 0 aliphatic heterocycles. The summed E-state index contributed by atoms with van der Waals surface area (Å²) >= 11 is 11.0. The van der Waals surface area contributed by atoms with Gasteiger partial charge in [0, 0.05) is 16.7 Å². The number of halogens is 1. The van der Waals surface area contributed by atoms with E-state index in [1.807, 2.05) is 32.0 Å². The van der Waals surface area contributed by atoms with Crippen LogP contribution in [0.3, 0.4) is 0 Å². The van der Waals surface area contributed by atoms with Gasteiger partial charge in [-0.3, -0.25) is 10.1 Å². The lowest BCUT2D eigenvalue weighted by Gasteiger charge is -2.12. The third kappa shape index (κ3) is 5.47. The Hall–Kier alpha value is -3.09. The van der Waals surface area contributed by atoms with E-state index in [4.69, 9.17) is 28.2 Å². The van der Waals surface area contributed by atoms with Crippen LogP contribution in [0, 0.1) is 13.8 Å². The molecule has 29 heavy (non-hydrogen) atoms. The van der Waals surface area contributed by atoms with Gasteiger partial charge >= 0.3 is 0 Å². The van der Waals surface area contributed by atoms with E-state index in [0.717, 1.165) is 16.7 Å². The van der Waals surface area contributed by atoms with Crippen molar-refractivity contribution >= 4 is 46.6 Å². The number of phenols is 1. The maximum absolute atomic E-state index is 12.1. The molecule has 1 heterocycles. The van der Waals surface area contributed by atoms with Crippen molar-refractivity contribution in [1.82, 2.24) is 5.32 Å². The van der Waals surface area contributed by atoms with Gasteiger partial charge in [-0.15, -0.1) is 0 Å². The minimum atomic E-state index is -0.421. The standard InChI is InChI=1S/C22H19ClN2O3S/c1-13-11-18(19(26)12-14(13)2)24-22(29)25-21(27)10-8-17-7-9-20(28-17)15-3-5-16(23)6-4-15/h3-12,26H,1-2H3,(H2,24,25,27,29)/b10-8+. The van der Waals surface area contributed by atoms with E-state index in [1.165, 1.54) is 6.08 Å². The van der Waals surface area contributed by atoms with Gasteiger partial charge in [-0.25, -0.2) is 0 Å². The molecule has 0 saturated heterocycles. The Bertz CT molecular complexity index is 1090. The number of rotatable bonds is 4. The molecule has 1 amide bonds. The Labute approximate surface area is 179 Å². The highest BCUT2D eigenvalue weighted by Gasteiger charge is 2.08. The molecule has 3 aromatic rings. The summed E-state index contributed by atoms with van der Waals surface area (Å²) in [6, 6.07) is 14.2. The molecule has 0 aliphatic carbocycles. The molecule has 3 rings (SSSR count). The van der Waals surface area contributed by atoms with E-state index in [-0.39, 0.29) is 10.9 Å². The highest BCUT2D eigenvalue weighted by atomic mass is 35.5. The molecule has 3 N–H and O–H groups in total. The Balaban J connectivity index is 1.59. The summed E-state index contributed by atoms with van der Waals surface area (Å²) in [5.41, 5.74) is 3.27. The number of furan rings is 1. The summed E-state index contributed by atoms with van der Waals surface area (Å²) in [5, 5.41) is 16.1. The van der Waals surface area contributed by atoms with Crippen LogP contribution in [-0.4, -0.2) is 16.1 Å². The molecule has 0 radical (unpaired) electrons. The van der Waals surface area contributed by atoms with Gasteiger partial charge in [0.05, 0.1) is 5.69 Å². The zero-order valence-electron chi connectivity index (χ0n) is 15.8. The third-order valence-electron chi connectivity index (χ3n) is 4.25. The first-order valence-corrected chi connectivity index (χ1v) is 9.56. The van der Waals surface area contributed by atoms with Crippen molar-refractivity contribution in [3.63, 3.8) is 0 Å². The van der Waals surface area contributed by atoms with Crippen molar-refractivity contribution in [3.05, 3.63) is 76.5 Å². The number of aryl methyl sites for hydroxylation is 2. The second-order valence-electron chi connectivity index (χ2n) is 6.44. The quantitative estimate of drug-likeness (QED) is 0.294. The van der Waals surface area contributed by atoms with Crippen LogP contribution in [0.25, 0.3) is 17.4 Å². The fourth-order valence-electron chi connectivity index (χ4n) is 2.58. The fourth-order valence-corrected chi connectivity index (χ4v) is 2.91. The number of amides is 1. The van der Waals surface area contributed by atoms with E-state index in [0.29, 0.717) is 22.2 Å². The van der Waals surface area contributed by atoms with Gasteiger partial charge in [0.25, 0.3) is 0 Å². The highest BCUT2D eigenvalue weighted by molar-refractivity contribution is 7.80. The molecule has 0 unspecified atom stereocenters. The minimum absolute atomic E-state index is 0.0607. The molecule has 5 nitrogen and oxygen atoms in total. The molecule has 148 valence electrons. The Morgan fingerprint density at radius 3 is 2.52 bits per heavy atom. The second kappa shape index (κ2) is 8.94. The van der Waals surface area contributed by atoms with E-state index in [2.05, 4.69) is 10.6 Å². The number of nitrogens with one attached hydrogen (secondary N) is 2. The van der Waals surface area contributed by atoms with Gasteiger partial charge in [0.2, 0.25) is 5.91 Å². The van der Waals surface area contributed by atoms with Crippen molar-refractivity contribution in [2.24, 2.45) is 0 Å². The van der Waals surface area contributed by atoms with Gasteiger partial charge < -0.3 is 14.8 Å². The van der Waals surface area contributed by atoms with Crippen molar-refractivity contribution in [2.75, 3.05) is 5.32 Å². The van der Waals surface area contributed by atoms with Crippen LogP contribution in [0.1, 0.15) is 16.9 Å². The zero-order valence-corrected chi connectivity index (χ0v) is 17.4. The summed E-state index contributed by atoms with van der Waals surface area (Å²) in [4.78, 5) is 12.1. The number of aromatic hydroxyl groups is 1. The summed E-state index contributed by atoms with van der Waals surface area (Å²) in [5.74, 6) is 0.834. The Morgan fingerprint density at radius 2 is 1.79 bits per heavy atom. The van der Waals surface area contributed by atoms with E-state index >= 15 is 0 Å². The summed E-state index contributed by atoms with van der Waals surface area (Å²) in [6.45, 7) is 3.82. The van der Waals surface area contributed by atoms with Crippen LogP contribution in [0.15, 0.2) is 59.0 Å². The number of carbonyl (C=O) groups is 1. The summed E-state index contributed by atoms with van der Waals surface area (Å²) < 4.78 is 5.71. The van der Waals surface area contributed by atoms with Crippen LogP contribution in [-0.2, 0) is 4.79 Å². The van der Waals surface area contributed by atoms with Crippen LogP contribution in [0.2, 0.25) is 5.02 Å². The predicted octanol–water partition coefficient (Wildman–Crippen LogP) is 5.45. The van der Waals surface area contributed by atoms with Gasteiger partial charge in [0.15, 0.2) is 5.11 Å². The number of anilines is 1. The Kier molecular flexibility index (Phi) is 6.36. The van der Waals surface area contributed by atoms with Crippen LogP contribution in [0.4, 0.5) is 5.69 Å². The van der Waals surface area contributed by atoms with Gasteiger partial charge in [0.1, 0.15) is 17.3 Å². The van der Waals surface area contributed by atoms with Crippen molar-refractivity contribution in [2.45, 2.75) is 13.8 Å². The predicted molar refractivity (Wildman–Crippen MR) is 120 cm³/mol. The molecule has 0 atom stereocenters. The molecular weight excluding hydrogens is 408 g/mol. The first-order valence-electron chi connectivity index (χ1n) is 8.78. The third-order valence-corrected chi connectivity index (χ3v) is 4.71.